The highest BCUT2D eigenvalue weighted by Crippen LogP contribution is 2.07. The fraction of sp³-hybridized carbons (Fsp3) is 0.167. The summed E-state index contributed by atoms with van der Waals surface area (Å²) in [6, 6.07) is 8.75. The number of nitrogens with zero attached hydrogens (tertiary/aromatic N) is 1. The van der Waals surface area contributed by atoms with Crippen molar-refractivity contribution in [3.8, 4) is 18.4 Å². The van der Waals surface area contributed by atoms with E-state index < -0.39 is 5.97 Å². The normalized spacial score (nSPS) is 8.67. The van der Waals surface area contributed by atoms with Crippen LogP contribution in [0.15, 0.2) is 24.3 Å². The maximum atomic E-state index is 11.4. The van der Waals surface area contributed by atoms with Gasteiger partial charge >= 0.3 is 5.97 Å². The Labute approximate surface area is 88.3 Å². The molecule has 0 heterocycles. The van der Waals surface area contributed by atoms with Gasteiger partial charge in [-0.05, 0) is 17.7 Å². The molecule has 0 aromatic heterocycles. The molecule has 1 aromatic rings. The summed E-state index contributed by atoms with van der Waals surface area (Å²) < 4.78 is 4.75. The number of carbonyl (C=O) groups is 1. The van der Waals surface area contributed by atoms with Crippen LogP contribution in [0.2, 0.25) is 0 Å². The summed E-state index contributed by atoms with van der Waals surface area (Å²) >= 11 is 0. The summed E-state index contributed by atoms with van der Waals surface area (Å²) in [5, 5.41) is 8.50. The second-order valence-corrected chi connectivity index (χ2v) is 2.82. The van der Waals surface area contributed by atoms with E-state index in [-0.39, 0.29) is 13.0 Å². The Kier molecular flexibility index (Phi) is 3.94. The van der Waals surface area contributed by atoms with Crippen molar-refractivity contribution >= 4 is 5.97 Å². The van der Waals surface area contributed by atoms with Crippen molar-refractivity contribution in [3.63, 3.8) is 0 Å². The topological polar surface area (TPSA) is 50.1 Å². The molecule has 0 aliphatic rings. The Morgan fingerprint density at radius 2 is 2.33 bits per heavy atom. The van der Waals surface area contributed by atoms with Crippen molar-refractivity contribution in [1.29, 1.82) is 5.26 Å². The second kappa shape index (κ2) is 5.47. The van der Waals surface area contributed by atoms with Crippen LogP contribution in [-0.4, -0.2) is 12.6 Å². The molecular weight excluding hydrogens is 190 g/mol. The molecule has 1 rings (SSSR count). The van der Waals surface area contributed by atoms with E-state index in [2.05, 4.69) is 5.92 Å². The maximum Gasteiger partial charge on any atom is 0.339 e. The van der Waals surface area contributed by atoms with Crippen molar-refractivity contribution in [2.45, 2.75) is 6.42 Å². The van der Waals surface area contributed by atoms with Gasteiger partial charge in [0.2, 0.25) is 0 Å². The molecule has 0 spiro atoms. The SMILES string of the molecule is C#CCOC(=O)c1cccc(CC#N)c1. The van der Waals surface area contributed by atoms with Crippen LogP contribution in [0.5, 0.6) is 0 Å². The highest BCUT2D eigenvalue weighted by Gasteiger charge is 2.06. The summed E-state index contributed by atoms with van der Waals surface area (Å²) in [7, 11) is 0. The summed E-state index contributed by atoms with van der Waals surface area (Å²) in [5.74, 6) is 1.75. The zero-order chi connectivity index (χ0) is 11.1. The van der Waals surface area contributed by atoms with Crippen LogP contribution in [0.4, 0.5) is 0 Å². The molecule has 1 aromatic carbocycles. The smallest absolute Gasteiger partial charge is 0.339 e. The van der Waals surface area contributed by atoms with Gasteiger partial charge in [-0.1, -0.05) is 18.1 Å². The first-order valence-corrected chi connectivity index (χ1v) is 4.34. The van der Waals surface area contributed by atoms with Crippen LogP contribution in [-0.2, 0) is 11.2 Å². The van der Waals surface area contributed by atoms with Crippen molar-refractivity contribution < 1.29 is 9.53 Å². The third-order valence-electron chi connectivity index (χ3n) is 1.73. The van der Waals surface area contributed by atoms with Gasteiger partial charge in [-0.2, -0.15) is 5.26 Å². The molecule has 0 radical (unpaired) electrons. The Bertz CT molecular complexity index is 438. The lowest BCUT2D eigenvalue weighted by Gasteiger charge is -2.01. The molecule has 74 valence electrons. The molecule has 0 amide bonds. The van der Waals surface area contributed by atoms with E-state index in [4.69, 9.17) is 16.4 Å². The van der Waals surface area contributed by atoms with E-state index in [1.165, 1.54) is 0 Å². The zero-order valence-electron chi connectivity index (χ0n) is 8.06. The molecule has 0 saturated carbocycles. The van der Waals surface area contributed by atoms with E-state index in [1.54, 1.807) is 24.3 Å². The molecule has 0 atom stereocenters. The molecule has 0 unspecified atom stereocenters. The lowest BCUT2D eigenvalue weighted by molar-refractivity contribution is 0.0556. The predicted octanol–water partition coefficient (Wildman–Crippen LogP) is 1.54. The van der Waals surface area contributed by atoms with Gasteiger partial charge < -0.3 is 4.74 Å². The fourth-order valence-electron chi connectivity index (χ4n) is 1.09. The summed E-state index contributed by atoms with van der Waals surface area (Å²) in [5.41, 5.74) is 1.20. The largest absolute Gasteiger partial charge is 0.449 e. The Morgan fingerprint density at radius 3 is 3.00 bits per heavy atom. The Hall–Kier alpha value is -2.26. The first-order valence-electron chi connectivity index (χ1n) is 4.34. The Balaban J connectivity index is 2.78. The van der Waals surface area contributed by atoms with Gasteiger partial charge in [0.25, 0.3) is 0 Å². The number of rotatable bonds is 3. The minimum atomic E-state index is -0.465. The molecule has 15 heavy (non-hydrogen) atoms. The van der Waals surface area contributed by atoms with E-state index in [0.29, 0.717) is 5.56 Å². The van der Waals surface area contributed by atoms with Crippen molar-refractivity contribution in [3.05, 3.63) is 35.4 Å². The molecule has 3 nitrogen and oxygen atoms in total. The third kappa shape index (κ3) is 3.17. The monoisotopic (exact) mass is 199 g/mol. The minimum Gasteiger partial charge on any atom is -0.449 e. The minimum absolute atomic E-state index is 0.0404. The first-order chi connectivity index (χ1) is 7.27. The highest BCUT2D eigenvalue weighted by atomic mass is 16.5. The number of hydrogen-bond donors (Lipinski definition) is 0. The second-order valence-electron chi connectivity index (χ2n) is 2.82. The standard InChI is InChI=1S/C12H9NO2/c1-2-8-15-12(14)11-5-3-4-10(9-11)6-7-13/h1,3-5,9H,6,8H2. The quantitative estimate of drug-likeness (QED) is 0.548. The van der Waals surface area contributed by atoms with Gasteiger partial charge in [0.1, 0.15) is 0 Å². The third-order valence-corrected chi connectivity index (χ3v) is 1.73. The van der Waals surface area contributed by atoms with Gasteiger partial charge in [0, 0.05) is 0 Å². The molecule has 0 fully saturated rings. The maximum absolute atomic E-state index is 11.4. The van der Waals surface area contributed by atoms with Gasteiger partial charge in [0.15, 0.2) is 6.61 Å². The van der Waals surface area contributed by atoms with E-state index in [9.17, 15) is 4.79 Å². The fourth-order valence-corrected chi connectivity index (χ4v) is 1.09. The van der Waals surface area contributed by atoms with Crippen LogP contribution >= 0.6 is 0 Å². The van der Waals surface area contributed by atoms with Gasteiger partial charge in [-0.15, -0.1) is 6.42 Å². The number of terminal acetylenes is 1. The highest BCUT2D eigenvalue weighted by molar-refractivity contribution is 5.89. The van der Waals surface area contributed by atoms with Crippen LogP contribution < -0.4 is 0 Å². The van der Waals surface area contributed by atoms with Gasteiger partial charge in [0.05, 0.1) is 18.1 Å². The lowest BCUT2D eigenvalue weighted by Crippen LogP contribution is -2.05. The molecule has 3 heteroatoms. The molecule has 0 saturated heterocycles. The van der Waals surface area contributed by atoms with E-state index in [0.717, 1.165) is 5.56 Å². The Morgan fingerprint density at radius 1 is 1.53 bits per heavy atom. The number of nitriles is 1. The predicted molar refractivity (Wildman–Crippen MR) is 54.9 cm³/mol. The first kappa shape index (κ1) is 10.8. The number of benzene rings is 1. The number of carbonyl (C=O) groups excluding carboxylic acids is 1. The molecular formula is C12H9NO2. The molecule has 0 bridgehead atoms. The van der Waals surface area contributed by atoms with Crippen molar-refractivity contribution in [2.24, 2.45) is 0 Å². The van der Waals surface area contributed by atoms with Crippen molar-refractivity contribution in [1.82, 2.24) is 0 Å². The summed E-state index contributed by atoms with van der Waals surface area (Å²) in [6.45, 7) is -0.0404. The average molecular weight is 199 g/mol. The lowest BCUT2D eigenvalue weighted by atomic mass is 10.1. The van der Waals surface area contributed by atoms with E-state index in [1.807, 2.05) is 6.07 Å². The zero-order valence-corrected chi connectivity index (χ0v) is 8.06. The molecule has 0 aliphatic heterocycles. The van der Waals surface area contributed by atoms with Gasteiger partial charge in [-0.25, -0.2) is 4.79 Å². The number of ether oxygens (including phenoxy) is 1. The van der Waals surface area contributed by atoms with Crippen molar-refractivity contribution in [2.75, 3.05) is 6.61 Å². The molecule has 0 N–H and O–H groups in total. The number of esters is 1. The van der Waals surface area contributed by atoms with Crippen LogP contribution in [0.25, 0.3) is 0 Å². The number of hydrogen-bond acceptors (Lipinski definition) is 3. The van der Waals surface area contributed by atoms with Gasteiger partial charge in [-0.3, -0.25) is 0 Å². The average Bonchev–Trinajstić information content (AvgIpc) is 2.27. The van der Waals surface area contributed by atoms with Crippen LogP contribution in [0, 0.1) is 23.7 Å². The summed E-state index contributed by atoms with van der Waals surface area (Å²) in [6.07, 6.45) is 5.24. The van der Waals surface area contributed by atoms with Crippen LogP contribution in [0.1, 0.15) is 15.9 Å². The summed E-state index contributed by atoms with van der Waals surface area (Å²) in [4.78, 5) is 11.4. The van der Waals surface area contributed by atoms with Crippen LogP contribution in [0.3, 0.4) is 0 Å². The van der Waals surface area contributed by atoms with E-state index >= 15 is 0 Å². The molecule has 0 aliphatic carbocycles.